The lowest BCUT2D eigenvalue weighted by atomic mass is 9.96. The summed E-state index contributed by atoms with van der Waals surface area (Å²) in [5, 5.41) is 0. The minimum atomic E-state index is -0.712. The van der Waals surface area contributed by atoms with E-state index in [9.17, 15) is 14.4 Å². The number of ether oxygens (including phenoxy) is 2. The second kappa shape index (κ2) is 7.97. The zero-order chi connectivity index (χ0) is 21.1. The van der Waals surface area contributed by atoms with Gasteiger partial charge in [0.2, 0.25) is 5.78 Å². The van der Waals surface area contributed by atoms with Gasteiger partial charge >= 0.3 is 11.9 Å². The molecule has 5 heteroatoms. The van der Waals surface area contributed by atoms with Crippen LogP contribution in [0.4, 0.5) is 0 Å². The van der Waals surface area contributed by atoms with Gasteiger partial charge in [0, 0.05) is 0 Å². The summed E-state index contributed by atoms with van der Waals surface area (Å²) in [4.78, 5) is 37.7. The molecule has 0 amide bonds. The number of esters is 2. The van der Waals surface area contributed by atoms with E-state index in [4.69, 9.17) is 9.47 Å². The molecule has 0 saturated carbocycles. The number of carbonyl (C=O) groups excluding carboxylic acids is 3. The molecule has 2 rings (SSSR count). The van der Waals surface area contributed by atoms with Gasteiger partial charge in [-0.25, -0.2) is 0 Å². The van der Waals surface area contributed by atoms with Gasteiger partial charge in [0.1, 0.15) is 11.5 Å². The molecule has 0 unspecified atom stereocenters. The molecule has 0 saturated heterocycles. The van der Waals surface area contributed by atoms with Crippen LogP contribution in [0.5, 0.6) is 11.5 Å². The quantitative estimate of drug-likeness (QED) is 0.431. The topological polar surface area (TPSA) is 69.7 Å². The zero-order valence-electron chi connectivity index (χ0n) is 17.2. The Balaban J connectivity index is 2.41. The number of benzene rings is 2. The minimum Gasteiger partial charge on any atom is -0.425 e. The highest BCUT2D eigenvalue weighted by molar-refractivity contribution is 6.12. The number of ketones is 1. The summed E-state index contributed by atoms with van der Waals surface area (Å²) in [7, 11) is 0. The van der Waals surface area contributed by atoms with Gasteiger partial charge in [0.25, 0.3) is 0 Å². The van der Waals surface area contributed by atoms with Gasteiger partial charge in [0.05, 0.1) is 22.0 Å². The summed E-state index contributed by atoms with van der Waals surface area (Å²) >= 11 is 0. The Kier molecular flexibility index (Phi) is 6.07. The molecule has 0 atom stereocenters. The summed E-state index contributed by atoms with van der Waals surface area (Å²) in [6.07, 6.45) is 0. The lowest BCUT2D eigenvalue weighted by molar-refractivity contribution is -0.143. The van der Waals surface area contributed by atoms with Crippen LogP contribution in [0.3, 0.4) is 0 Å². The predicted molar refractivity (Wildman–Crippen MR) is 106 cm³/mol. The molecule has 0 spiro atoms. The van der Waals surface area contributed by atoms with Crippen LogP contribution in [0.25, 0.3) is 0 Å². The van der Waals surface area contributed by atoms with Crippen LogP contribution >= 0.6 is 0 Å². The maximum Gasteiger partial charge on any atom is 0.316 e. The van der Waals surface area contributed by atoms with Crippen molar-refractivity contribution < 1.29 is 23.9 Å². The summed E-state index contributed by atoms with van der Waals surface area (Å²) in [5.41, 5.74) is -0.981. The molecule has 0 aliphatic carbocycles. The fraction of sp³-hybridized carbons (Fsp3) is 0.348. The van der Waals surface area contributed by atoms with Gasteiger partial charge in [-0.05, 0) is 65.8 Å². The second-order valence-corrected chi connectivity index (χ2v) is 8.60. The monoisotopic (exact) mass is 382 g/mol. The van der Waals surface area contributed by atoms with Crippen molar-refractivity contribution in [3.63, 3.8) is 0 Å². The van der Waals surface area contributed by atoms with Crippen LogP contribution in [0.15, 0.2) is 48.5 Å². The molecule has 28 heavy (non-hydrogen) atoms. The highest BCUT2D eigenvalue weighted by atomic mass is 16.5. The Morgan fingerprint density at radius 3 is 1.25 bits per heavy atom. The Hall–Kier alpha value is -2.95. The number of hydrogen-bond donors (Lipinski definition) is 0. The number of carbonyl (C=O) groups is 3. The molecular weight excluding hydrogens is 356 g/mol. The van der Waals surface area contributed by atoms with E-state index in [0.717, 1.165) is 0 Å². The second-order valence-electron chi connectivity index (χ2n) is 8.60. The normalized spacial score (nSPS) is 11.6. The van der Waals surface area contributed by atoms with Crippen molar-refractivity contribution in [1.29, 1.82) is 0 Å². The Labute approximate surface area is 165 Å². The van der Waals surface area contributed by atoms with Crippen LogP contribution in [-0.4, -0.2) is 17.7 Å². The Morgan fingerprint density at radius 1 is 0.607 bits per heavy atom. The van der Waals surface area contributed by atoms with E-state index in [2.05, 4.69) is 0 Å². The summed E-state index contributed by atoms with van der Waals surface area (Å²) in [6, 6.07) is 13.0. The molecule has 0 N–H and O–H groups in total. The first-order chi connectivity index (χ1) is 12.9. The van der Waals surface area contributed by atoms with Crippen molar-refractivity contribution >= 4 is 17.7 Å². The molecule has 2 aromatic rings. The van der Waals surface area contributed by atoms with Crippen LogP contribution in [0.1, 0.15) is 57.5 Å². The van der Waals surface area contributed by atoms with Crippen LogP contribution in [0.2, 0.25) is 0 Å². The van der Waals surface area contributed by atoms with Crippen LogP contribution in [0, 0.1) is 10.8 Å². The van der Waals surface area contributed by atoms with Crippen molar-refractivity contribution in [3.8, 4) is 11.5 Å². The molecule has 148 valence electrons. The van der Waals surface area contributed by atoms with Gasteiger partial charge in [0.15, 0.2) is 0 Å². The third-order valence-corrected chi connectivity index (χ3v) is 3.89. The molecule has 0 aliphatic rings. The van der Waals surface area contributed by atoms with Gasteiger partial charge < -0.3 is 9.47 Å². The van der Waals surface area contributed by atoms with E-state index in [1.165, 1.54) is 0 Å². The zero-order valence-corrected chi connectivity index (χ0v) is 17.2. The summed E-state index contributed by atoms with van der Waals surface area (Å²) < 4.78 is 10.9. The molecule has 0 radical (unpaired) electrons. The third-order valence-electron chi connectivity index (χ3n) is 3.89. The molecule has 0 fully saturated rings. The molecule has 0 aliphatic heterocycles. The largest absolute Gasteiger partial charge is 0.425 e. The highest BCUT2D eigenvalue weighted by Gasteiger charge is 2.28. The first-order valence-corrected chi connectivity index (χ1v) is 9.08. The van der Waals surface area contributed by atoms with E-state index in [1.54, 1.807) is 90.1 Å². The number of hydrogen-bond acceptors (Lipinski definition) is 5. The molecule has 5 nitrogen and oxygen atoms in total. The molecular formula is C23H26O5. The minimum absolute atomic E-state index is 0.171. The van der Waals surface area contributed by atoms with E-state index in [0.29, 0.717) is 0 Å². The lowest BCUT2D eigenvalue weighted by Gasteiger charge is -2.19. The summed E-state index contributed by atoms with van der Waals surface area (Å²) in [6.45, 7) is 10.4. The van der Waals surface area contributed by atoms with E-state index >= 15 is 0 Å². The van der Waals surface area contributed by atoms with Crippen LogP contribution < -0.4 is 9.47 Å². The van der Waals surface area contributed by atoms with Crippen molar-refractivity contribution in [1.82, 2.24) is 0 Å². The maximum absolute atomic E-state index is 13.2. The number of para-hydroxylation sites is 2. The first-order valence-electron chi connectivity index (χ1n) is 9.08. The number of rotatable bonds is 4. The fourth-order valence-corrected chi connectivity index (χ4v) is 2.14. The molecule has 2 aromatic carbocycles. The Morgan fingerprint density at radius 2 is 0.929 bits per heavy atom. The SMILES string of the molecule is CC(C)(C)C(=O)Oc1ccccc1C(=O)c1ccccc1OC(=O)C(C)(C)C. The lowest BCUT2D eigenvalue weighted by Crippen LogP contribution is -2.27. The van der Waals surface area contributed by atoms with E-state index < -0.39 is 28.6 Å². The maximum atomic E-state index is 13.2. The predicted octanol–water partition coefficient (Wildman–Crippen LogP) is 4.82. The van der Waals surface area contributed by atoms with Gasteiger partial charge in [-0.2, -0.15) is 0 Å². The van der Waals surface area contributed by atoms with Gasteiger partial charge in [-0.15, -0.1) is 0 Å². The van der Waals surface area contributed by atoms with Crippen molar-refractivity contribution in [2.45, 2.75) is 41.5 Å². The van der Waals surface area contributed by atoms with Crippen molar-refractivity contribution in [2.24, 2.45) is 10.8 Å². The summed E-state index contributed by atoms with van der Waals surface area (Å²) in [5.74, 6) is -0.941. The molecule has 0 heterocycles. The molecule has 0 aromatic heterocycles. The average molecular weight is 382 g/mol. The van der Waals surface area contributed by atoms with Gasteiger partial charge in [-0.3, -0.25) is 14.4 Å². The van der Waals surface area contributed by atoms with Crippen molar-refractivity contribution in [2.75, 3.05) is 0 Å². The van der Waals surface area contributed by atoms with Crippen molar-refractivity contribution in [3.05, 3.63) is 59.7 Å². The standard InChI is InChI=1S/C23H26O5/c1-22(2,3)20(25)27-17-13-9-7-11-15(17)19(24)16-12-8-10-14-18(16)28-21(26)23(4,5)6/h7-14H,1-6H3. The highest BCUT2D eigenvalue weighted by Crippen LogP contribution is 2.29. The fourth-order valence-electron chi connectivity index (χ4n) is 2.14. The van der Waals surface area contributed by atoms with E-state index in [1.807, 2.05) is 0 Å². The first kappa shape index (κ1) is 21.4. The smallest absolute Gasteiger partial charge is 0.316 e. The average Bonchev–Trinajstić information content (AvgIpc) is 2.60. The Bertz CT molecular complexity index is 824. The van der Waals surface area contributed by atoms with E-state index in [-0.39, 0.29) is 22.6 Å². The molecule has 0 bridgehead atoms. The van der Waals surface area contributed by atoms with Gasteiger partial charge in [-0.1, -0.05) is 24.3 Å². The third kappa shape index (κ3) is 5.06. The van der Waals surface area contributed by atoms with Crippen LogP contribution in [-0.2, 0) is 9.59 Å².